The van der Waals surface area contributed by atoms with Crippen LogP contribution in [-0.4, -0.2) is 33.6 Å². The van der Waals surface area contributed by atoms with Crippen LogP contribution in [0.4, 0.5) is 10.5 Å². The van der Waals surface area contributed by atoms with Gasteiger partial charge >= 0.3 is 6.03 Å². The quantitative estimate of drug-likeness (QED) is 0.716. The maximum absolute atomic E-state index is 12.7. The zero-order valence-electron chi connectivity index (χ0n) is 13.7. The number of H-pyrrole nitrogens is 1. The van der Waals surface area contributed by atoms with Gasteiger partial charge in [-0.05, 0) is 29.3 Å². The summed E-state index contributed by atoms with van der Waals surface area (Å²) in [6.07, 6.45) is 3.52. The molecule has 0 atom stereocenters. The monoisotopic (exact) mass is 366 g/mol. The molecule has 7 heteroatoms. The fourth-order valence-corrected chi connectivity index (χ4v) is 3.13. The van der Waals surface area contributed by atoms with Crippen molar-refractivity contribution < 1.29 is 9.59 Å². The summed E-state index contributed by atoms with van der Waals surface area (Å²) in [5, 5.41) is 7.23. The van der Waals surface area contributed by atoms with Crippen molar-refractivity contribution >= 4 is 29.2 Å². The van der Waals surface area contributed by atoms with Crippen LogP contribution < -0.4 is 4.90 Å². The van der Waals surface area contributed by atoms with Crippen LogP contribution >= 0.6 is 11.6 Å². The van der Waals surface area contributed by atoms with Crippen LogP contribution in [0.1, 0.15) is 5.56 Å². The van der Waals surface area contributed by atoms with Gasteiger partial charge in [-0.1, -0.05) is 41.9 Å². The SMILES string of the molecule is O=C1CN(c2ccc(-c3cn[nH]c3)cc2)C(=O)N1Cc1ccccc1Cl. The lowest BCUT2D eigenvalue weighted by Gasteiger charge is -2.18. The number of carbonyl (C=O) groups excluding carboxylic acids is 2. The van der Waals surface area contributed by atoms with Crippen LogP contribution in [-0.2, 0) is 11.3 Å². The van der Waals surface area contributed by atoms with Gasteiger partial charge in [0.05, 0.1) is 12.7 Å². The van der Waals surface area contributed by atoms with Crippen molar-refractivity contribution in [2.75, 3.05) is 11.4 Å². The van der Waals surface area contributed by atoms with Crippen molar-refractivity contribution in [3.63, 3.8) is 0 Å². The van der Waals surface area contributed by atoms with Crippen molar-refractivity contribution in [3.8, 4) is 11.1 Å². The van der Waals surface area contributed by atoms with Crippen molar-refractivity contribution in [3.05, 3.63) is 71.5 Å². The molecule has 2 heterocycles. The van der Waals surface area contributed by atoms with Crippen LogP contribution in [0.2, 0.25) is 5.02 Å². The number of nitrogens with zero attached hydrogens (tertiary/aromatic N) is 3. The molecule has 0 saturated carbocycles. The number of urea groups is 1. The van der Waals surface area contributed by atoms with Gasteiger partial charge in [0.2, 0.25) is 0 Å². The smallest absolute Gasteiger partial charge is 0.285 e. The summed E-state index contributed by atoms with van der Waals surface area (Å²) in [5.74, 6) is -0.242. The topological polar surface area (TPSA) is 69.3 Å². The number of nitrogens with one attached hydrogen (secondary N) is 1. The molecule has 0 unspecified atom stereocenters. The summed E-state index contributed by atoms with van der Waals surface area (Å²) >= 11 is 6.15. The zero-order valence-corrected chi connectivity index (χ0v) is 14.5. The molecule has 2 aromatic carbocycles. The third-order valence-electron chi connectivity index (χ3n) is 4.35. The highest BCUT2D eigenvalue weighted by molar-refractivity contribution is 6.31. The van der Waals surface area contributed by atoms with Gasteiger partial charge in [-0.2, -0.15) is 5.10 Å². The molecule has 1 saturated heterocycles. The molecule has 130 valence electrons. The highest BCUT2D eigenvalue weighted by Crippen LogP contribution is 2.27. The van der Waals surface area contributed by atoms with Gasteiger partial charge in [0.25, 0.3) is 5.91 Å². The molecular weight excluding hydrogens is 352 g/mol. The Morgan fingerprint density at radius 2 is 1.81 bits per heavy atom. The van der Waals surface area contributed by atoms with Crippen LogP contribution in [0, 0.1) is 0 Å². The molecule has 1 aromatic heterocycles. The van der Waals surface area contributed by atoms with E-state index in [1.165, 1.54) is 9.80 Å². The Morgan fingerprint density at radius 3 is 2.50 bits per heavy atom. The molecule has 1 aliphatic rings. The summed E-state index contributed by atoms with van der Waals surface area (Å²) in [7, 11) is 0. The van der Waals surface area contributed by atoms with E-state index in [0.29, 0.717) is 10.7 Å². The first kappa shape index (κ1) is 16.4. The van der Waals surface area contributed by atoms with Gasteiger partial charge in [-0.3, -0.25) is 19.7 Å². The number of benzene rings is 2. The number of aromatic amines is 1. The van der Waals surface area contributed by atoms with Crippen LogP contribution in [0.15, 0.2) is 60.9 Å². The molecule has 1 fully saturated rings. The first-order valence-corrected chi connectivity index (χ1v) is 8.46. The predicted molar refractivity (Wildman–Crippen MR) is 98.8 cm³/mol. The number of amides is 3. The molecule has 1 N–H and O–H groups in total. The zero-order chi connectivity index (χ0) is 18.1. The number of carbonyl (C=O) groups is 2. The molecule has 3 aromatic rings. The Balaban J connectivity index is 1.54. The van der Waals surface area contributed by atoms with Crippen LogP contribution in [0.3, 0.4) is 0 Å². The van der Waals surface area contributed by atoms with Gasteiger partial charge in [0.1, 0.15) is 6.54 Å². The second-order valence-corrected chi connectivity index (χ2v) is 6.38. The minimum atomic E-state index is -0.342. The molecular formula is C19H15ClN4O2. The van der Waals surface area contributed by atoms with E-state index >= 15 is 0 Å². The first-order valence-electron chi connectivity index (χ1n) is 8.08. The van der Waals surface area contributed by atoms with Crippen LogP contribution in [0.5, 0.6) is 0 Å². The van der Waals surface area contributed by atoms with E-state index in [2.05, 4.69) is 10.2 Å². The molecule has 0 aliphatic carbocycles. The van der Waals surface area contributed by atoms with E-state index in [1.807, 2.05) is 42.5 Å². The largest absolute Gasteiger partial charge is 0.332 e. The summed E-state index contributed by atoms with van der Waals surface area (Å²) in [6, 6.07) is 14.3. The van der Waals surface area contributed by atoms with Crippen molar-refractivity contribution in [1.82, 2.24) is 15.1 Å². The average molecular weight is 367 g/mol. The highest BCUT2D eigenvalue weighted by atomic mass is 35.5. The van der Waals surface area contributed by atoms with Gasteiger partial charge in [0, 0.05) is 22.5 Å². The second kappa shape index (κ2) is 6.65. The van der Waals surface area contributed by atoms with Gasteiger partial charge in [0.15, 0.2) is 0 Å². The van der Waals surface area contributed by atoms with E-state index in [4.69, 9.17) is 11.6 Å². The Morgan fingerprint density at radius 1 is 1.04 bits per heavy atom. The molecule has 0 spiro atoms. The van der Waals surface area contributed by atoms with Crippen molar-refractivity contribution in [2.45, 2.75) is 6.54 Å². The van der Waals surface area contributed by atoms with E-state index in [1.54, 1.807) is 18.5 Å². The number of imide groups is 1. The lowest BCUT2D eigenvalue weighted by atomic mass is 10.1. The standard InChI is InChI=1S/C19H15ClN4O2/c20-17-4-2-1-3-14(17)11-24-18(25)12-23(19(24)26)16-7-5-13(6-8-16)15-9-21-22-10-15/h1-10H,11-12H2,(H,21,22). The second-order valence-electron chi connectivity index (χ2n) is 5.97. The average Bonchev–Trinajstić information content (AvgIpc) is 3.28. The van der Waals surface area contributed by atoms with E-state index < -0.39 is 0 Å². The lowest BCUT2D eigenvalue weighted by molar-refractivity contribution is -0.125. The van der Waals surface area contributed by atoms with E-state index in [9.17, 15) is 9.59 Å². The Hall–Kier alpha value is -3.12. The minimum Gasteiger partial charge on any atom is -0.285 e. The number of halogens is 1. The fourth-order valence-electron chi connectivity index (χ4n) is 2.94. The lowest BCUT2D eigenvalue weighted by Crippen LogP contribution is -2.32. The molecule has 6 nitrogen and oxygen atoms in total. The van der Waals surface area contributed by atoms with Gasteiger partial charge in [-0.25, -0.2) is 4.79 Å². The number of aromatic nitrogens is 2. The van der Waals surface area contributed by atoms with Crippen molar-refractivity contribution in [2.24, 2.45) is 0 Å². The Bertz CT molecular complexity index is 954. The fraction of sp³-hybridized carbons (Fsp3) is 0.105. The maximum Gasteiger partial charge on any atom is 0.332 e. The number of hydrogen-bond acceptors (Lipinski definition) is 3. The minimum absolute atomic E-state index is 0.0222. The molecule has 1 aliphatic heterocycles. The van der Waals surface area contributed by atoms with Gasteiger partial charge in [-0.15, -0.1) is 0 Å². The molecule has 3 amide bonds. The molecule has 0 radical (unpaired) electrons. The number of hydrogen-bond donors (Lipinski definition) is 1. The molecule has 4 rings (SSSR count). The Kier molecular flexibility index (Phi) is 4.18. The first-order chi connectivity index (χ1) is 12.6. The summed E-state index contributed by atoms with van der Waals surface area (Å²) in [4.78, 5) is 27.8. The third kappa shape index (κ3) is 2.95. The summed E-state index contributed by atoms with van der Waals surface area (Å²) in [5.41, 5.74) is 3.36. The van der Waals surface area contributed by atoms with Crippen molar-refractivity contribution in [1.29, 1.82) is 0 Å². The van der Waals surface area contributed by atoms with E-state index in [0.717, 1.165) is 16.7 Å². The summed E-state index contributed by atoms with van der Waals surface area (Å²) in [6.45, 7) is 0.190. The highest BCUT2D eigenvalue weighted by Gasteiger charge is 2.37. The Labute approximate surface area is 155 Å². The number of anilines is 1. The normalized spacial score (nSPS) is 14.3. The van der Waals surface area contributed by atoms with E-state index in [-0.39, 0.29) is 25.0 Å². The maximum atomic E-state index is 12.7. The van der Waals surface area contributed by atoms with Crippen LogP contribution in [0.25, 0.3) is 11.1 Å². The summed E-state index contributed by atoms with van der Waals surface area (Å²) < 4.78 is 0. The van der Waals surface area contributed by atoms with Gasteiger partial charge < -0.3 is 0 Å². The molecule has 0 bridgehead atoms. The molecule has 26 heavy (non-hydrogen) atoms. The third-order valence-corrected chi connectivity index (χ3v) is 4.72. The number of rotatable bonds is 4. The predicted octanol–water partition coefficient (Wildman–Crippen LogP) is 3.70.